The minimum absolute atomic E-state index is 0.0788. The van der Waals surface area contributed by atoms with Gasteiger partial charge >= 0.3 is 6.18 Å². The molecule has 3 heterocycles. The van der Waals surface area contributed by atoms with Gasteiger partial charge in [0.15, 0.2) is 0 Å². The van der Waals surface area contributed by atoms with Crippen LogP contribution >= 0.6 is 11.3 Å². The summed E-state index contributed by atoms with van der Waals surface area (Å²) in [5.41, 5.74) is 6.68. The van der Waals surface area contributed by atoms with Crippen LogP contribution in [-0.2, 0) is 12.7 Å². The van der Waals surface area contributed by atoms with Crippen LogP contribution in [0.5, 0.6) is 0 Å². The van der Waals surface area contributed by atoms with Crippen LogP contribution in [0.2, 0.25) is 0 Å². The molecule has 146 valence electrons. The van der Waals surface area contributed by atoms with Crippen LogP contribution in [0.3, 0.4) is 0 Å². The smallest absolute Gasteiger partial charge is 0.399 e. The molecule has 3 aromatic rings. The molecule has 0 atom stereocenters. The highest BCUT2D eigenvalue weighted by molar-refractivity contribution is 7.19. The van der Waals surface area contributed by atoms with Gasteiger partial charge in [0.1, 0.15) is 17.0 Å². The van der Waals surface area contributed by atoms with Crippen LogP contribution in [0.15, 0.2) is 36.7 Å². The van der Waals surface area contributed by atoms with E-state index in [9.17, 15) is 13.2 Å². The Balaban J connectivity index is 1.59. The predicted molar refractivity (Wildman–Crippen MR) is 106 cm³/mol. The number of fused-ring (bicyclic) bond motifs is 1. The maximum atomic E-state index is 13.0. The van der Waals surface area contributed by atoms with Crippen LogP contribution in [0, 0.1) is 0 Å². The number of hydrogen-bond donors (Lipinski definition) is 3. The molecular formula is C19H18F3N5S. The lowest BCUT2D eigenvalue weighted by atomic mass is 10.1. The van der Waals surface area contributed by atoms with Gasteiger partial charge in [-0.3, -0.25) is 0 Å². The van der Waals surface area contributed by atoms with Gasteiger partial charge in [0.25, 0.3) is 0 Å². The molecule has 1 aromatic carbocycles. The highest BCUT2D eigenvalue weighted by Gasteiger charge is 2.31. The molecule has 0 saturated carbocycles. The molecule has 0 fully saturated rings. The van der Waals surface area contributed by atoms with Crippen molar-refractivity contribution in [2.24, 2.45) is 0 Å². The van der Waals surface area contributed by atoms with Crippen molar-refractivity contribution in [2.45, 2.75) is 19.1 Å². The monoisotopic (exact) mass is 405 g/mol. The largest absolute Gasteiger partial charge is 0.416 e. The molecule has 0 aliphatic carbocycles. The van der Waals surface area contributed by atoms with Crippen LogP contribution in [0.1, 0.15) is 22.4 Å². The van der Waals surface area contributed by atoms with Gasteiger partial charge in [0.2, 0.25) is 0 Å². The van der Waals surface area contributed by atoms with E-state index in [1.165, 1.54) is 18.0 Å². The summed E-state index contributed by atoms with van der Waals surface area (Å²) in [6.07, 6.45) is 0.145. The highest BCUT2D eigenvalue weighted by atomic mass is 32.1. The Labute approximate surface area is 163 Å². The molecule has 2 aromatic heterocycles. The first-order valence-corrected chi connectivity index (χ1v) is 9.57. The predicted octanol–water partition coefficient (Wildman–Crippen LogP) is 4.28. The summed E-state index contributed by atoms with van der Waals surface area (Å²) in [6.45, 7) is 1.96. The van der Waals surface area contributed by atoms with Crippen molar-refractivity contribution in [3.63, 3.8) is 0 Å². The van der Waals surface area contributed by atoms with Gasteiger partial charge < -0.3 is 16.4 Å². The molecule has 0 saturated heterocycles. The van der Waals surface area contributed by atoms with E-state index in [0.29, 0.717) is 11.4 Å². The molecule has 0 amide bonds. The minimum Gasteiger partial charge on any atom is -0.399 e. The Morgan fingerprint density at radius 2 is 2.04 bits per heavy atom. The van der Waals surface area contributed by atoms with Gasteiger partial charge in [-0.2, -0.15) is 13.2 Å². The summed E-state index contributed by atoms with van der Waals surface area (Å²) >= 11 is 1.59. The fraction of sp³-hybridized carbons (Fsp3) is 0.263. The van der Waals surface area contributed by atoms with Crippen molar-refractivity contribution in [2.75, 3.05) is 24.1 Å². The fourth-order valence-electron chi connectivity index (χ4n) is 3.17. The molecular weight excluding hydrogens is 387 g/mol. The van der Waals surface area contributed by atoms with E-state index in [0.717, 1.165) is 46.7 Å². The van der Waals surface area contributed by atoms with Gasteiger partial charge in [0, 0.05) is 23.7 Å². The molecule has 5 nitrogen and oxygen atoms in total. The number of anilines is 2. The zero-order chi connectivity index (χ0) is 19.7. The fourth-order valence-corrected chi connectivity index (χ4v) is 4.24. The molecule has 1 aliphatic rings. The van der Waals surface area contributed by atoms with Crippen molar-refractivity contribution < 1.29 is 13.2 Å². The summed E-state index contributed by atoms with van der Waals surface area (Å²) in [6, 6.07) is 5.60. The quantitative estimate of drug-likeness (QED) is 0.565. The van der Waals surface area contributed by atoms with Gasteiger partial charge in [-0.05, 0) is 48.4 Å². The number of alkyl halides is 3. The third kappa shape index (κ3) is 3.95. The van der Waals surface area contributed by atoms with E-state index in [1.54, 1.807) is 11.3 Å². The second kappa shape index (κ2) is 7.40. The van der Waals surface area contributed by atoms with Crippen LogP contribution in [-0.4, -0.2) is 23.1 Å². The maximum absolute atomic E-state index is 13.0. The first-order chi connectivity index (χ1) is 13.4. The number of nitrogens with two attached hydrogens (primary N) is 1. The van der Waals surface area contributed by atoms with Crippen molar-refractivity contribution in [1.29, 1.82) is 0 Å². The zero-order valence-electron chi connectivity index (χ0n) is 14.8. The van der Waals surface area contributed by atoms with Crippen LogP contribution < -0.4 is 16.4 Å². The number of nitrogen functional groups attached to an aromatic ring is 1. The number of hydrogen-bond acceptors (Lipinski definition) is 6. The first kappa shape index (κ1) is 18.7. The molecule has 0 unspecified atom stereocenters. The molecule has 0 spiro atoms. The Morgan fingerprint density at radius 3 is 2.79 bits per heavy atom. The third-order valence-corrected chi connectivity index (χ3v) is 5.63. The second-order valence-electron chi connectivity index (χ2n) is 6.55. The number of benzene rings is 1. The third-order valence-electron chi connectivity index (χ3n) is 4.51. The Hall–Kier alpha value is -2.65. The number of nitrogens with one attached hydrogen (secondary N) is 2. The average molecular weight is 405 g/mol. The summed E-state index contributed by atoms with van der Waals surface area (Å²) in [4.78, 5) is 10.6. The van der Waals surface area contributed by atoms with Crippen molar-refractivity contribution >= 4 is 38.6 Å². The van der Waals surface area contributed by atoms with E-state index < -0.39 is 11.7 Å². The molecule has 9 heteroatoms. The lowest BCUT2D eigenvalue weighted by Crippen LogP contribution is -2.19. The highest BCUT2D eigenvalue weighted by Crippen LogP contribution is 2.35. The molecule has 4 N–H and O–H groups in total. The number of nitrogens with zero attached hydrogens (tertiary/aromatic N) is 2. The van der Waals surface area contributed by atoms with Crippen molar-refractivity contribution in [3.8, 4) is 0 Å². The average Bonchev–Trinajstić information content (AvgIpc) is 3.11. The Morgan fingerprint density at radius 1 is 1.18 bits per heavy atom. The lowest BCUT2D eigenvalue weighted by Gasteiger charge is -2.12. The first-order valence-electron chi connectivity index (χ1n) is 8.75. The lowest BCUT2D eigenvalue weighted by molar-refractivity contribution is -0.137. The summed E-state index contributed by atoms with van der Waals surface area (Å²) in [5.74, 6) is 0.595. The molecule has 0 bridgehead atoms. The summed E-state index contributed by atoms with van der Waals surface area (Å²) in [5, 5.41) is 7.28. The topological polar surface area (TPSA) is 75.9 Å². The summed E-state index contributed by atoms with van der Waals surface area (Å²) in [7, 11) is 0. The minimum atomic E-state index is -4.43. The van der Waals surface area contributed by atoms with E-state index in [1.807, 2.05) is 6.07 Å². The molecule has 28 heavy (non-hydrogen) atoms. The molecule has 4 rings (SSSR count). The number of halogens is 3. The standard InChI is InChI=1S/C19H18F3N5S/c20-19(21,22)13-5-11(6-14(23)7-13)9-25-17-15-8-16(12-1-3-24-4-2-12)28-18(15)27-10-26-17/h1,5-8,10,24H,2-4,9,23H2,(H,25,26,27). The Kier molecular flexibility index (Phi) is 4.94. The van der Waals surface area contributed by atoms with E-state index >= 15 is 0 Å². The number of aromatic nitrogens is 2. The Bertz CT molecular complexity index is 1040. The second-order valence-corrected chi connectivity index (χ2v) is 7.58. The number of thiophene rings is 1. The maximum Gasteiger partial charge on any atom is 0.416 e. The van der Waals surface area contributed by atoms with E-state index in [2.05, 4.69) is 26.7 Å². The van der Waals surface area contributed by atoms with Gasteiger partial charge in [-0.15, -0.1) is 11.3 Å². The van der Waals surface area contributed by atoms with Crippen molar-refractivity contribution in [1.82, 2.24) is 15.3 Å². The van der Waals surface area contributed by atoms with Crippen LogP contribution in [0.4, 0.5) is 24.7 Å². The van der Waals surface area contributed by atoms with Gasteiger partial charge in [0.05, 0.1) is 10.9 Å². The summed E-state index contributed by atoms with van der Waals surface area (Å²) < 4.78 is 39.0. The zero-order valence-corrected chi connectivity index (χ0v) is 15.6. The van der Waals surface area contributed by atoms with Crippen molar-refractivity contribution in [3.05, 3.63) is 52.7 Å². The van der Waals surface area contributed by atoms with E-state index in [4.69, 9.17) is 5.73 Å². The van der Waals surface area contributed by atoms with Gasteiger partial charge in [-0.25, -0.2) is 9.97 Å². The van der Waals surface area contributed by atoms with E-state index in [-0.39, 0.29) is 12.2 Å². The SMILES string of the molecule is Nc1cc(CNc2ncnc3sc(C4=CCNCC4)cc23)cc(C(F)(F)F)c1. The van der Waals surface area contributed by atoms with Gasteiger partial charge in [-0.1, -0.05) is 6.08 Å². The number of rotatable bonds is 4. The van der Waals surface area contributed by atoms with Crippen LogP contribution in [0.25, 0.3) is 15.8 Å². The molecule has 1 aliphatic heterocycles. The normalized spacial score (nSPS) is 14.9. The molecule has 0 radical (unpaired) electrons.